The number of hydrogen-bond donors (Lipinski definition) is 1. The summed E-state index contributed by atoms with van der Waals surface area (Å²) in [6.45, 7) is 2.71. The quantitative estimate of drug-likeness (QED) is 0.239. The molecular weight excluding hydrogens is 310 g/mol. The molecule has 9 nitrogen and oxygen atoms in total. The van der Waals surface area contributed by atoms with E-state index in [0.29, 0.717) is 25.9 Å². The van der Waals surface area contributed by atoms with E-state index in [0.717, 1.165) is 0 Å². The van der Waals surface area contributed by atoms with E-state index >= 15 is 0 Å². The summed E-state index contributed by atoms with van der Waals surface area (Å²) < 4.78 is 9.04. The van der Waals surface area contributed by atoms with E-state index in [2.05, 4.69) is 9.57 Å². The molecule has 23 heavy (non-hydrogen) atoms. The standard InChI is InChI=1S/C9H10O3.C5H9NO5/c1-2-12-9(11)7-5-3-4-6-8(7)10;7-5-10-3-1-2-4-11-6(8)9/h3-6,10H,2H2,1H3;5H,1-4H2. The molecular formula is C14H19NO8. The van der Waals surface area contributed by atoms with Crippen LogP contribution < -0.4 is 0 Å². The molecule has 0 heterocycles. The second-order valence-corrected chi connectivity index (χ2v) is 3.97. The third kappa shape index (κ3) is 10.5. The van der Waals surface area contributed by atoms with E-state index in [1.165, 1.54) is 12.1 Å². The molecule has 1 aromatic rings. The van der Waals surface area contributed by atoms with Gasteiger partial charge in [0, 0.05) is 0 Å². The lowest BCUT2D eigenvalue weighted by atomic mass is 10.2. The van der Waals surface area contributed by atoms with Gasteiger partial charge < -0.3 is 19.4 Å². The minimum absolute atomic E-state index is 0.0454. The van der Waals surface area contributed by atoms with Gasteiger partial charge in [0.2, 0.25) is 0 Å². The van der Waals surface area contributed by atoms with Gasteiger partial charge >= 0.3 is 5.97 Å². The SMILES string of the molecule is CCOC(=O)c1ccccc1O.O=COCCCCO[N+](=O)[O-]. The smallest absolute Gasteiger partial charge is 0.341 e. The second kappa shape index (κ2) is 12.9. The van der Waals surface area contributed by atoms with E-state index in [9.17, 15) is 24.8 Å². The van der Waals surface area contributed by atoms with Crippen molar-refractivity contribution in [2.45, 2.75) is 19.8 Å². The Hall–Kier alpha value is -2.84. The Morgan fingerprint density at radius 2 is 1.96 bits per heavy atom. The summed E-state index contributed by atoms with van der Waals surface area (Å²) in [4.78, 5) is 34.3. The van der Waals surface area contributed by atoms with E-state index in [4.69, 9.17) is 4.74 Å². The van der Waals surface area contributed by atoms with Gasteiger partial charge in [0.05, 0.1) is 19.8 Å². The van der Waals surface area contributed by atoms with Gasteiger partial charge in [-0.1, -0.05) is 12.1 Å². The normalized spacial score (nSPS) is 9.09. The molecule has 0 fully saturated rings. The summed E-state index contributed by atoms with van der Waals surface area (Å²) in [5.41, 5.74) is 0.208. The van der Waals surface area contributed by atoms with Crippen molar-refractivity contribution in [3.8, 4) is 5.75 Å². The highest BCUT2D eigenvalue weighted by atomic mass is 16.9. The minimum atomic E-state index is -0.847. The maximum atomic E-state index is 11.1. The molecule has 0 aliphatic heterocycles. The molecule has 0 atom stereocenters. The van der Waals surface area contributed by atoms with Crippen LogP contribution in [0.4, 0.5) is 0 Å². The first-order valence-corrected chi connectivity index (χ1v) is 6.80. The molecule has 0 aliphatic rings. The number of carbonyl (C=O) groups excluding carboxylic acids is 2. The number of rotatable bonds is 9. The third-order valence-electron chi connectivity index (χ3n) is 2.32. The predicted octanol–water partition coefficient (Wildman–Crippen LogP) is 1.72. The lowest BCUT2D eigenvalue weighted by Gasteiger charge is -2.02. The number of carbonyl (C=O) groups is 2. The predicted molar refractivity (Wildman–Crippen MR) is 78.3 cm³/mol. The maximum Gasteiger partial charge on any atom is 0.341 e. The van der Waals surface area contributed by atoms with Gasteiger partial charge in [-0.2, -0.15) is 0 Å². The van der Waals surface area contributed by atoms with Gasteiger partial charge in [-0.3, -0.25) is 4.79 Å². The van der Waals surface area contributed by atoms with Gasteiger partial charge in [0.15, 0.2) is 0 Å². The molecule has 0 amide bonds. The summed E-state index contributed by atoms with van der Waals surface area (Å²) in [5.74, 6) is -0.536. The fourth-order valence-corrected chi connectivity index (χ4v) is 1.33. The van der Waals surface area contributed by atoms with E-state index in [-0.39, 0.29) is 24.5 Å². The van der Waals surface area contributed by atoms with Crippen molar-refractivity contribution < 1.29 is 34.1 Å². The van der Waals surface area contributed by atoms with Crippen LogP contribution in [0.2, 0.25) is 0 Å². The highest BCUT2D eigenvalue weighted by Crippen LogP contribution is 2.16. The van der Waals surface area contributed by atoms with Crippen LogP contribution in [0.3, 0.4) is 0 Å². The Morgan fingerprint density at radius 1 is 1.30 bits per heavy atom. The van der Waals surface area contributed by atoms with Crippen molar-refractivity contribution in [3.05, 3.63) is 39.9 Å². The van der Waals surface area contributed by atoms with Crippen LogP contribution in [0.1, 0.15) is 30.1 Å². The van der Waals surface area contributed by atoms with E-state index in [1.807, 2.05) is 0 Å². The average molecular weight is 329 g/mol. The van der Waals surface area contributed by atoms with Gasteiger partial charge in [0.25, 0.3) is 11.6 Å². The van der Waals surface area contributed by atoms with Crippen molar-refractivity contribution in [2.24, 2.45) is 0 Å². The highest BCUT2D eigenvalue weighted by Gasteiger charge is 2.09. The van der Waals surface area contributed by atoms with Crippen LogP contribution in [0, 0.1) is 10.1 Å². The molecule has 0 saturated carbocycles. The van der Waals surface area contributed by atoms with Crippen molar-refractivity contribution in [2.75, 3.05) is 19.8 Å². The highest BCUT2D eigenvalue weighted by molar-refractivity contribution is 5.92. The summed E-state index contributed by atoms with van der Waals surface area (Å²) in [6.07, 6.45) is 1.08. The first-order valence-electron chi connectivity index (χ1n) is 6.80. The van der Waals surface area contributed by atoms with Crippen LogP contribution in [0.15, 0.2) is 24.3 Å². The van der Waals surface area contributed by atoms with Gasteiger partial charge in [-0.05, 0) is 31.9 Å². The zero-order chi connectivity index (χ0) is 17.5. The Morgan fingerprint density at radius 3 is 2.52 bits per heavy atom. The number of unbranched alkanes of at least 4 members (excludes halogenated alkanes) is 1. The average Bonchev–Trinajstić information content (AvgIpc) is 2.52. The number of benzene rings is 1. The van der Waals surface area contributed by atoms with Crippen molar-refractivity contribution in [1.82, 2.24) is 0 Å². The van der Waals surface area contributed by atoms with Crippen LogP contribution in [0.25, 0.3) is 0 Å². The molecule has 0 bridgehead atoms. The fourth-order valence-electron chi connectivity index (χ4n) is 1.33. The number of ether oxygens (including phenoxy) is 2. The van der Waals surface area contributed by atoms with Crippen LogP contribution in [-0.4, -0.2) is 42.5 Å². The molecule has 0 unspecified atom stereocenters. The molecule has 0 saturated heterocycles. The fraction of sp³-hybridized carbons (Fsp3) is 0.429. The van der Waals surface area contributed by atoms with E-state index in [1.54, 1.807) is 19.1 Å². The maximum absolute atomic E-state index is 11.1. The Labute approximate surface area is 132 Å². The number of nitrogens with zero attached hydrogens (tertiary/aromatic N) is 1. The summed E-state index contributed by atoms with van der Waals surface area (Å²) in [5, 5.41) is 17.9. The Kier molecular flexibility index (Phi) is 11.3. The van der Waals surface area contributed by atoms with Crippen molar-refractivity contribution in [1.29, 1.82) is 0 Å². The first-order chi connectivity index (χ1) is 11.0. The summed E-state index contributed by atoms with van der Waals surface area (Å²) in [7, 11) is 0. The number of esters is 1. The Balaban J connectivity index is 0.000000423. The number of phenolic OH excluding ortho intramolecular Hbond substituents is 1. The van der Waals surface area contributed by atoms with Gasteiger partial charge in [-0.15, -0.1) is 10.1 Å². The zero-order valence-corrected chi connectivity index (χ0v) is 12.7. The number of aromatic hydroxyl groups is 1. The monoisotopic (exact) mass is 329 g/mol. The number of hydrogen-bond acceptors (Lipinski definition) is 8. The van der Waals surface area contributed by atoms with Gasteiger partial charge in [0.1, 0.15) is 11.3 Å². The van der Waals surface area contributed by atoms with Crippen LogP contribution >= 0.6 is 0 Å². The molecule has 1 rings (SSSR count). The summed E-state index contributed by atoms with van der Waals surface area (Å²) >= 11 is 0. The lowest BCUT2D eigenvalue weighted by molar-refractivity contribution is -0.757. The third-order valence-corrected chi connectivity index (χ3v) is 2.32. The van der Waals surface area contributed by atoms with Crippen molar-refractivity contribution in [3.63, 3.8) is 0 Å². The van der Waals surface area contributed by atoms with Crippen molar-refractivity contribution >= 4 is 12.4 Å². The molecule has 1 N–H and O–H groups in total. The molecule has 0 radical (unpaired) electrons. The zero-order valence-electron chi connectivity index (χ0n) is 12.7. The van der Waals surface area contributed by atoms with Crippen LogP contribution in [-0.2, 0) is 19.1 Å². The van der Waals surface area contributed by atoms with E-state index < -0.39 is 11.1 Å². The Bertz CT molecular complexity index is 491. The minimum Gasteiger partial charge on any atom is -0.507 e. The topological polar surface area (TPSA) is 125 Å². The molecule has 9 heteroatoms. The molecule has 0 spiro atoms. The molecule has 1 aromatic carbocycles. The number of para-hydroxylation sites is 1. The molecule has 128 valence electrons. The molecule has 0 aliphatic carbocycles. The molecule has 0 aromatic heterocycles. The number of phenols is 1. The summed E-state index contributed by atoms with van der Waals surface area (Å²) in [6, 6.07) is 6.30. The lowest BCUT2D eigenvalue weighted by Crippen LogP contribution is -2.04. The first kappa shape index (κ1) is 20.2. The largest absolute Gasteiger partial charge is 0.507 e. The van der Waals surface area contributed by atoms with Gasteiger partial charge in [-0.25, -0.2) is 4.79 Å². The van der Waals surface area contributed by atoms with Crippen LogP contribution in [0.5, 0.6) is 5.75 Å². The second-order valence-electron chi connectivity index (χ2n) is 3.97.